The number of alkyl halides is 3. The Bertz CT molecular complexity index is 423. The monoisotopic (exact) mass is 262 g/mol. The van der Waals surface area contributed by atoms with Crippen LogP contribution in [0.25, 0.3) is 0 Å². The van der Waals surface area contributed by atoms with Gasteiger partial charge in [0.25, 0.3) is 0 Å². The summed E-state index contributed by atoms with van der Waals surface area (Å²) in [6, 6.07) is 3.92. The number of halogens is 3. The molecular formula is C11H9F3O2S. The molecule has 0 N–H and O–H groups in total. The van der Waals surface area contributed by atoms with E-state index in [4.69, 9.17) is 0 Å². The van der Waals surface area contributed by atoms with Crippen LogP contribution in [0.1, 0.15) is 22.8 Å². The van der Waals surface area contributed by atoms with E-state index in [-0.39, 0.29) is 17.1 Å². The van der Waals surface area contributed by atoms with E-state index >= 15 is 0 Å². The summed E-state index contributed by atoms with van der Waals surface area (Å²) >= 11 is 0.781. The molecule has 0 spiro atoms. The van der Waals surface area contributed by atoms with E-state index in [1.165, 1.54) is 6.92 Å². The van der Waals surface area contributed by atoms with Gasteiger partial charge in [-0.25, -0.2) is 0 Å². The molecule has 0 aliphatic heterocycles. The van der Waals surface area contributed by atoms with Crippen LogP contribution in [0.4, 0.5) is 13.2 Å². The number of hydrogen-bond donors (Lipinski definition) is 0. The molecule has 2 nitrogen and oxygen atoms in total. The van der Waals surface area contributed by atoms with Gasteiger partial charge in [-0.2, -0.15) is 13.2 Å². The molecule has 0 unspecified atom stereocenters. The first-order chi connectivity index (χ1) is 7.80. The molecular weight excluding hydrogens is 253 g/mol. The van der Waals surface area contributed by atoms with E-state index in [2.05, 4.69) is 0 Å². The van der Waals surface area contributed by atoms with Crippen molar-refractivity contribution in [2.45, 2.75) is 13.1 Å². The smallest absolute Gasteiger partial charge is 0.299 e. The minimum Gasteiger partial charge on any atom is -0.299 e. The van der Waals surface area contributed by atoms with Crippen molar-refractivity contribution in [2.24, 2.45) is 0 Å². The maximum absolute atomic E-state index is 12.2. The molecule has 6 heteroatoms. The minimum absolute atomic E-state index is 0.0276. The molecule has 0 saturated carbocycles. The Morgan fingerprint density at radius 2 is 1.71 bits per heavy atom. The molecule has 0 atom stereocenters. The predicted molar refractivity (Wildman–Crippen MR) is 58.9 cm³/mol. The molecule has 0 aromatic heterocycles. The minimum atomic E-state index is -4.41. The number of thioether (sulfide) groups is 1. The van der Waals surface area contributed by atoms with Crippen LogP contribution in [-0.4, -0.2) is 16.7 Å². The standard InChI is InChI=1S/C11H9F3O2S/c1-7(15)6-17-10(16)8-2-4-9(5-3-8)11(12,13)14/h2-5H,6H2,1H3. The summed E-state index contributed by atoms with van der Waals surface area (Å²) in [4.78, 5) is 22.1. The van der Waals surface area contributed by atoms with Crippen molar-refractivity contribution in [1.29, 1.82) is 0 Å². The van der Waals surface area contributed by atoms with Gasteiger partial charge in [0.15, 0.2) is 0 Å². The van der Waals surface area contributed by atoms with E-state index in [0.717, 1.165) is 36.0 Å². The number of ketones is 1. The number of benzene rings is 1. The Kier molecular flexibility index (Phi) is 4.34. The zero-order chi connectivity index (χ0) is 13.1. The fraction of sp³-hybridized carbons (Fsp3) is 0.273. The highest BCUT2D eigenvalue weighted by atomic mass is 32.2. The lowest BCUT2D eigenvalue weighted by Gasteiger charge is -2.06. The summed E-state index contributed by atoms with van der Waals surface area (Å²) < 4.78 is 36.7. The highest BCUT2D eigenvalue weighted by Gasteiger charge is 2.30. The average molecular weight is 262 g/mol. The summed E-state index contributed by atoms with van der Waals surface area (Å²) in [5, 5.41) is -0.408. The maximum Gasteiger partial charge on any atom is 0.416 e. The van der Waals surface area contributed by atoms with Gasteiger partial charge in [-0.1, -0.05) is 11.8 Å². The molecule has 0 radical (unpaired) electrons. The van der Waals surface area contributed by atoms with Gasteiger partial charge in [0, 0.05) is 5.56 Å². The van der Waals surface area contributed by atoms with Crippen LogP contribution in [0.5, 0.6) is 0 Å². The molecule has 1 rings (SSSR count). The first-order valence-corrected chi connectivity index (χ1v) is 5.63. The lowest BCUT2D eigenvalue weighted by molar-refractivity contribution is -0.137. The second kappa shape index (κ2) is 5.35. The summed E-state index contributed by atoms with van der Waals surface area (Å²) in [5.41, 5.74) is -0.644. The van der Waals surface area contributed by atoms with Crippen LogP contribution < -0.4 is 0 Å². The lowest BCUT2D eigenvalue weighted by Crippen LogP contribution is -2.05. The third kappa shape index (κ3) is 4.22. The van der Waals surface area contributed by atoms with Crippen molar-refractivity contribution < 1.29 is 22.8 Å². The van der Waals surface area contributed by atoms with Crippen LogP contribution >= 0.6 is 11.8 Å². The zero-order valence-corrected chi connectivity index (χ0v) is 9.69. The molecule has 1 aromatic rings. The molecule has 0 fully saturated rings. The van der Waals surface area contributed by atoms with Gasteiger partial charge in [-0.3, -0.25) is 9.59 Å². The number of Topliss-reactive ketones (excluding diaryl/α,β-unsaturated/α-hetero) is 1. The molecule has 0 heterocycles. The number of carbonyl (C=O) groups excluding carboxylic acids is 2. The van der Waals surface area contributed by atoms with Gasteiger partial charge >= 0.3 is 6.18 Å². The number of rotatable bonds is 3. The number of carbonyl (C=O) groups is 2. The van der Waals surface area contributed by atoms with E-state index < -0.39 is 16.9 Å². The molecule has 92 valence electrons. The molecule has 0 saturated heterocycles. The predicted octanol–water partition coefficient (Wildman–Crippen LogP) is 3.17. The third-order valence-electron chi connectivity index (χ3n) is 1.85. The molecule has 0 bridgehead atoms. The highest BCUT2D eigenvalue weighted by Crippen LogP contribution is 2.29. The van der Waals surface area contributed by atoms with Crippen LogP contribution in [0, 0.1) is 0 Å². The van der Waals surface area contributed by atoms with Crippen molar-refractivity contribution in [3.05, 3.63) is 35.4 Å². The second-order valence-corrected chi connectivity index (χ2v) is 4.30. The maximum atomic E-state index is 12.2. The van der Waals surface area contributed by atoms with E-state index in [0.29, 0.717) is 0 Å². The van der Waals surface area contributed by atoms with E-state index in [1.807, 2.05) is 0 Å². The first kappa shape index (κ1) is 13.8. The quantitative estimate of drug-likeness (QED) is 0.839. The van der Waals surface area contributed by atoms with Crippen LogP contribution in [0.3, 0.4) is 0 Å². The molecule has 0 aliphatic rings. The Hall–Kier alpha value is -1.30. The summed E-state index contributed by atoms with van der Waals surface area (Å²) in [6.45, 7) is 1.34. The van der Waals surface area contributed by atoms with Crippen molar-refractivity contribution in [1.82, 2.24) is 0 Å². The molecule has 1 aromatic carbocycles. The fourth-order valence-corrected chi connectivity index (χ4v) is 1.68. The zero-order valence-electron chi connectivity index (χ0n) is 8.88. The van der Waals surface area contributed by atoms with Crippen LogP contribution in [0.15, 0.2) is 24.3 Å². The SMILES string of the molecule is CC(=O)CSC(=O)c1ccc(C(F)(F)F)cc1. The normalized spacial score (nSPS) is 11.3. The Morgan fingerprint density at radius 1 is 1.18 bits per heavy atom. The summed E-state index contributed by atoms with van der Waals surface area (Å²) in [6.07, 6.45) is -4.41. The van der Waals surface area contributed by atoms with Gasteiger partial charge in [-0.15, -0.1) is 0 Å². The van der Waals surface area contributed by atoms with Crippen molar-refractivity contribution >= 4 is 22.7 Å². The summed E-state index contributed by atoms with van der Waals surface area (Å²) in [7, 11) is 0. The Labute approximate surface area is 100 Å². The topological polar surface area (TPSA) is 34.1 Å². The van der Waals surface area contributed by atoms with Gasteiger partial charge in [0.1, 0.15) is 5.78 Å². The highest BCUT2D eigenvalue weighted by molar-refractivity contribution is 8.14. The van der Waals surface area contributed by atoms with Crippen LogP contribution in [-0.2, 0) is 11.0 Å². The Morgan fingerprint density at radius 3 is 2.12 bits per heavy atom. The summed E-state index contributed by atoms with van der Waals surface area (Å²) in [5.74, 6) is -0.130. The molecule has 17 heavy (non-hydrogen) atoms. The molecule has 0 amide bonds. The first-order valence-electron chi connectivity index (χ1n) is 4.64. The van der Waals surface area contributed by atoms with E-state index in [1.54, 1.807) is 0 Å². The Balaban J connectivity index is 2.74. The van der Waals surface area contributed by atoms with E-state index in [9.17, 15) is 22.8 Å². The molecule has 0 aliphatic carbocycles. The fourth-order valence-electron chi connectivity index (χ4n) is 1.05. The van der Waals surface area contributed by atoms with Gasteiger partial charge < -0.3 is 0 Å². The van der Waals surface area contributed by atoms with Crippen molar-refractivity contribution in [2.75, 3.05) is 5.75 Å². The van der Waals surface area contributed by atoms with Gasteiger partial charge in [0.2, 0.25) is 5.12 Å². The average Bonchev–Trinajstić information content (AvgIpc) is 2.25. The van der Waals surface area contributed by atoms with Gasteiger partial charge in [-0.05, 0) is 31.2 Å². The van der Waals surface area contributed by atoms with Crippen LogP contribution in [0.2, 0.25) is 0 Å². The van der Waals surface area contributed by atoms with Crippen molar-refractivity contribution in [3.8, 4) is 0 Å². The van der Waals surface area contributed by atoms with Gasteiger partial charge in [0.05, 0.1) is 11.3 Å². The number of hydrogen-bond acceptors (Lipinski definition) is 3. The third-order valence-corrected chi connectivity index (χ3v) is 2.90. The lowest BCUT2D eigenvalue weighted by atomic mass is 10.1. The van der Waals surface area contributed by atoms with Crippen molar-refractivity contribution in [3.63, 3.8) is 0 Å². The largest absolute Gasteiger partial charge is 0.416 e. The second-order valence-electron chi connectivity index (χ2n) is 3.35.